The largest absolute Gasteiger partial charge is 0.494 e. The standard InChI is InChI=1S/C23H21N5O3/c24-13-14-1-3-17-16(11-14)21(23(30)27-17)22-25-18-4-2-15(12-19(18)26-22)20(29)5-6-28-7-9-31-10-8-28/h1-4,11-12,27,30H,5-10H2,(H,25,26). The average molecular weight is 415 g/mol. The Labute approximate surface area is 178 Å². The number of H-pyrrole nitrogens is 2. The normalized spacial score (nSPS) is 14.8. The van der Waals surface area contributed by atoms with Gasteiger partial charge in [0.05, 0.1) is 41.4 Å². The molecule has 1 fully saturated rings. The van der Waals surface area contributed by atoms with Crippen molar-refractivity contribution in [2.45, 2.75) is 6.42 Å². The second-order valence-corrected chi connectivity index (χ2v) is 7.67. The van der Waals surface area contributed by atoms with Crippen LogP contribution in [0.4, 0.5) is 0 Å². The smallest absolute Gasteiger partial charge is 0.200 e. The highest BCUT2D eigenvalue weighted by molar-refractivity contribution is 6.01. The predicted octanol–water partition coefficient (Wildman–Crippen LogP) is 3.19. The number of morpholine rings is 1. The fraction of sp³-hybridized carbons (Fsp3) is 0.261. The molecule has 8 heteroatoms. The van der Waals surface area contributed by atoms with Gasteiger partial charge < -0.3 is 19.8 Å². The Morgan fingerprint density at radius 2 is 2.00 bits per heavy atom. The molecule has 5 rings (SSSR count). The molecule has 0 saturated carbocycles. The van der Waals surface area contributed by atoms with Crippen LogP contribution in [0, 0.1) is 11.3 Å². The number of benzene rings is 2. The van der Waals surface area contributed by atoms with Crippen molar-refractivity contribution in [1.82, 2.24) is 19.9 Å². The minimum absolute atomic E-state index is 0.0223. The molecule has 8 nitrogen and oxygen atoms in total. The Bertz CT molecular complexity index is 1320. The van der Waals surface area contributed by atoms with E-state index in [2.05, 4.69) is 25.9 Å². The molecule has 0 spiro atoms. The third kappa shape index (κ3) is 3.65. The molecule has 2 aromatic heterocycles. The first-order valence-corrected chi connectivity index (χ1v) is 10.2. The summed E-state index contributed by atoms with van der Waals surface area (Å²) in [4.78, 5) is 25.7. The zero-order chi connectivity index (χ0) is 21.4. The van der Waals surface area contributed by atoms with Gasteiger partial charge in [0, 0.05) is 42.5 Å². The Morgan fingerprint density at radius 3 is 2.81 bits per heavy atom. The monoisotopic (exact) mass is 415 g/mol. The quantitative estimate of drug-likeness (QED) is 0.431. The second kappa shape index (κ2) is 7.87. The summed E-state index contributed by atoms with van der Waals surface area (Å²) in [5.41, 5.74) is 3.76. The SMILES string of the molecule is N#Cc1ccc2[nH]c(O)c(-c3nc4ccc(C(=O)CCN5CCOCC5)cc4[nH]3)c2c1. The summed E-state index contributed by atoms with van der Waals surface area (Å²) >= 11 is 0. The van der Waals surface area contributed by atoms with Crippen LogP contribution >= 0.6 is 0 Å². The fourth-order valence-electron chi connectivity index (χ4n) is 4.02. The summed E-state index contributed by atoms with van der Waals surface area (Å²) in [5.74, 6) is 0.538. The number of hydrogen-bond acceptors (Lipinski definition) is 6. The molecule has 4 aromatic rings. The Hall–Kier alpha value is -3.67. The number of rotatable bonds is 5. The highest BCUT2D eigenvalue weighted by Gasteiger charge is 2.18. The highest BCUT2D eigenvalue weighted by atomic mass is 16.5. The topological polar surface area (TPSA) is 118 Å². The van der Waals surface area contributed by atoms with Gasteiger partial charge in [0.2, 0.25) is 5.88 Å². The van der Waals surface area contributed by atoms with Gasteiger partial charge in [-0.3, -0.25) is 9.69 Å². The summed E-state index contributed by atoms with van der Waals surface area (Å²) in [5, 5.41) is 20.4. The summed E-state index contributed by atoms with van der Waals surface area (Å²) in [6.45, 7) is 3.87. The van der Waals surface area contributed by atoms with Crippen molar-refractivity contribution in [2.75, 3.05) is 32.8 Å². The maximum absolute atomic E-state index is 12.7. The molecule has 1 saturated heterocycles. The summed E-state index contributed by atoms with van der Waals surface area (Å²) in [7, 11) is 0. The molecule has 0 amide bonds. The van der Waals surface area contributed by atoms with E-state index in [0.717, 1.165) is 25.2 Å². The number of aromatic amines is 2. The Balaban J connectivity index is 1.43. The number of imidazole rings is 1. The Kier molecular flexibility index (Phi) is 4.90. The van der Waals surface area contributed by atoms with Gasteiger partial charge in [-0.05, 0) is 36.4 Å². The van der Waals surface area contributed by atoms with Crippen molar-refractivity contribution in [3.05, 3.63) is 47.5 Å². The molecule has 3 N–H and O–H groups in total. The van der Waals surface area contributed by atoms with E-state index >= 15 is 0 Å². The van der Waals surface area contributed by atoms with E-state index in [9.17, 15) is 15.2 Å². The van der Waals surface area contributed by atoms with Crippen LogP contribution in [0.2, 0.25) is 0 Å². The van der Waals surface area contributed by atoms with E-state index in [1.54, 1.807) is 30.3 Å². The first-order chi connectivity index (χ1) is 15.1. The lowest BCUT2D eigenvalue weighted by Gasteiger charge is -2.26. The number of nitriles is 1. The van der Waals surface area contributed by atoms with Crippen molar-refractivity contribution >= 4 is 27.7 Å². The fourth-order valence-corrected chi connectivity index (χ4v) is 4.02. The van der Waals surface area contributed by atoms with Crippen molar-refractivity contribution in [3.63, 3.8) is 0 Å². The first kappa shape index (κ1) is 19.3. The second-order valence-electron chi connectivity index (χ2n) is 7.67. The van der Waals surface area contributed by atoms with Crippen LogP contribution in [-0.4, -0.2) is 63.6 Å². The molecule has 3 heterocycles. The summed E-state index contributed by atoms with van der Waals surface area (Å²) in [6.07, 6.45) is 0.451. The van der Waals surface area contributed by atoms with Crippen molar-refractivity contribution in [1.29, 1.82) is 5.26 Å². The van der Waals surface area contributed by atoms with Crippen LogP contribution in [0.3, 0.4) is 0 Å². The molecule has 0 bridgehead atoms. The van der Waals surface area contributed by atoms with Crippen molar-refractivity contribution < 1.29 is 14.6 Å². The van der Waals surface area contributed by atoms with Crippen LogP contribution < -0.4 is 0 Å². The van der Waals surface area contributed by atoms with E-state index in [1.807, 2.05) is 6.07 Å². The zero-order valence-electron chi connectivity index (χ0n) is 16.8. The van der Waals surface area contributed by atoms with E-state index < -0.39 is 0 Å². The van der Waals surface area contributed by atoms with E-state index in [-0.39, 0.29) is 11.7 Å². The molecule has 0 radical (unpaired) electrons. The molecule has 1 aliphatic rings. The van der Waals surface area contributed by atoms with Crippen LogP contribution in [0.5, 0.6) is 5.88 Å². The van der Waals surface area contributed by atoms with Gasteiger partial charge in [-0.2, -0.15) is 5.26 Å². The zero-order valence-corrected chi connectivity index (χ0v) is 16.8. The van der Waals surface area contributed by atoms with Crippen molar-refractivity contribution in [3.8, 4) is 23.3 Å². The number of ketones is 1. The van der Waals surface area contributed by atoms with Gasteiger partial charge in [-0.1, -0.05) is 0 Å². The van der Waals surface area contributed by atoms with Gasteiger partial charge >= 0.3 is 0 Å². The number of aromatic nitrogens is 3. The van der Waals surface area contributed by atoms with Crippen LogP contribution in [0.25, 0.3) is 33.3 Å². The van der Waals surface area contributed by atoms with Crippen LogP contribution in [0.1, 0.15) is 22.3 Å². The van der Waals surface area contributed by atoms with E-state index in [1.165, 1.54) is 0 Å². The number of aromatic hydroxyl groups is 1. The minimum atomic E-state index is -0.0223. The number of carbonyl (C=O) groups excluding carboxylic acids is 1. The molecule has 0 aliphatic carbocycles. The number of fused-ring (bicyclic) bond motifs is 2. The highest BCUT2D eigenvalue weighted by Crippen LogP contribution is 2.36. The molecule has 2 aromatic carbocycles. The number of carbonyl (C=O) groups is 1. The van der Waals surface area contributed by atoms with E-state index in [4.69, 9.17) is 4.74 Å². The summed E-state index contributed by atoms with van der Waals surface area (Å²) < 4.78 is 5.35. The average Bonchev–Trinajstić information content (AvgIpc) is 3.36. The lowest BCUT2D eigenvalue weighted by Crippen LogP contribution is -2.37. The third-order valence-electron chi connectivity index (χ3n) is 5.71. The number of Topliss-reactive ketones (excluding diaryl/α,β-unsaturated/α-hetero) is 1. The molecule has 31 heavy (non-hydrogen) atoms. The Morgan fingerprint density at radius 1 is 1.16 bits per heavy atom. The van der Waals surface area contributed by atoms with Gasteiger partial charge in [-0.25, -0.2) is 4.98 Å². The van der Waals surface area contributed by atoms with Gasteiger partial charge in [0.25, 0.3) is 0 Å². The lowest BCUT2D eigenvalue weighted by molar-refractivity contribution is 0.0370. The summed E-state index contributed by atoms with van der Waals surface area (Å²) in [6, 6.07) is 12.7. The van der Waals surface area contributed by atoms with E-state index in [0.29, 0.717) is 58.6 Å². The van der Waals surface area contributed by atoms with Crippen LogP contribution in [-0.2, 0) is 4.74 Å². The first-order valence-electron chi connectivity index (χ1n) is 10.2. The number of nitrogens with one attached hydrogen (secondary N) is 2. The molecule has 1 aliphatic heterocycles. The third-order valence-corrected chi connectivity index (χ3v) is 5.71. The van der Waals surface area contributed by atoms with Crippen LogP contribution in [0.15, 0.2) is 36.4 Å². The van der Waals surface area contributed by atoms with Gasteiger partial charge in [0.1, 0.15) is 5.82 Å². The molecule has 0 atom stereocenters. The lowest BCUT2D eigenvalue weighted by atomic mass is 10.1. The molecule has 156 valence electrons. The molecular weight excluding hydrogens is 394 g/mol. The molecule has 0 unspecified atom stereocenters. The number of ether oxygens (including phenoxy) is 1. The van der Waals surface area contributed by atoms with Crippen molar-refractivity contribution in [2.24, 2.45) is 0 Å². The minimum Gasteiger partial charge on any atom is -0.494 e. The van der Waals surface area contributed by atoms with Gasteiger partial charge in [0.15, 0.2) is 5.78 Å². The number of nitrogens with zero attached hydrogens (tertiary/aromatic N) is 3. The maximum Gasteiger partial charge on any atom is 0.200 e. The predicted molar refractivity (Wildman–Crippen MR) is 116 cm³/mol. The molecular formula is C23H21N5O3. The maximum atomic E-state index is 12.7. The number of hydrogen-bond donors (Lipinski definition) is 3. The van der Waals surface area contributed by atoms with Gasteiger partial charge in [-0.15, -0.1) is 0 Å².